The molecule has 0 atom stereocenters. The summed E-state index contributed by atoms with van der Waals surface area (Å²) >= 11 is 3.09. The van der Waals surface area contributed by atoms with Gasteiger partial charge in [-0.15, -0.1) is 0 Å². The lowest BCUT2D eigenvalue weighted by atomic mass is 10.2. The normalized spacial score (nSPS) is 10.8. The first-order chi connectivity index (χ1) is 7.54. The molecule has 0 amide bonds. The van der Waals surface area contributed by atoms with Gasteiger partial charge < -0.3 is 9.30 Å². The van der Waals surface area contributed by atoms with E-state index in [1.54, 1.807) is 23.9 Å². The number of hydrogen-bond donors (Lipinski definition) is 0. The van der Waals surface area contributed by atoms with Crippen LogP contribution in [0, 0.1) is 5.82 Å². The minimum Gasteiger partial charge on any atom is -0.465 e. The minimum absolute atomic E-state index is 0.330. The second-order valence-corrected chi connectivity index (χ2v) is 4.28. The summed E-state index contributed by atoms with van der Waals surface area (Å²) in [5.41, 5.74) is 1.09. The number of fused-ring (bicyclic) bond motifs is 1. The topological polar surface area (TPSA) is 31.2 Å². The molecular formula is C11H9BrFNO2. The van der Waals surface area contributed by atoms with E-state index in [9.17, 15) is 9.18 Å². The first kappa shape index (κ1) is 11.1. The van der Waals surface area contributed by atoms with Crippen LogP contribution in [0.1, 0.15) is 10.4 Å². The Labute approximate surface area is 99.9 Å². The second-order valence-electron chi connectivity index (χ2n) is 3.43. The number of esters is 1. The van der Waals surface area contributed by atoms with Crippen LogP contribution in [0.5, 0.6) is 0 Å². The molecule has 0 radical (unpaired) electrons. The van der Waals surface area contributed by atoms with Crippen LogP contribution in [0.2, 0.25) is 0 Å². The molecule has 16 heavy (non-hydrogen) atoms. The fraction of sp³-hybridized carbons (Fsp3) is 0.182. The lowest BCUT2D eigenvalue weighted by Gasteiger charge is -1.99. The summed E-state index contributed by atoms with van der Waals surface area (Å²) in [7, 11) is 3.07. The van der Waals surface area contributed by atoms with Gasteiger partial charge in [-0.3, -0.25) is 0 Å². The Hall–Kier alpha value is -1.36. The maximum atomic E-state index is 13.3. The van der Waals surface area contributed by atoms with Crippen molar-refractivity contribution in [1.29, 1.82) is 0 Å². The zero-order chi connectivity index (χ0) is 11.9. The van der Waals surface area contributed by atoms with Gasteiger partial charge in [0, 0.05) is 18.6 Å². The van der Waals surface area contributed by atoms with E-state index in [4.69, 9.17) is 0 Å². The van der Waals surface area contributed by atoms with Gasteiger partial charge in [-0.25, -0.2) is 9.18 Å². The van der Waals surface area contributed by atoms with E-state index < -0.39 is 5.97 Å². The van der Waals surface area contributed by atoms with Gasteiger partial charge >= 0.3 is 5.97 Å². The Kier molecular flexibility index (Phi) is 2.71. The summed E-state index contributed by atoms with van der Waals surface area (Å²) < 4.78 is 20.0. The molecule has 0 aliphatic heterocycles. The van der Waals surface area contributed by atoms with Crippen LogP contribution in [0.25, 0.3) is 10.9 Å². The van der Waals surface area contributed by atoms with Gasteiger partial charge in [0.25, 0.3) is 0 Å². The van der Waals surface area contributed by atoms with Gasteiger partial charge in [0.1, 0.15) is 5.82 Å². The average molecular weight is 286 g/mol. The highest BCUT2D eigenvalue weighted by Gasteiger charge is 2.16. The monoisotopic (exact) mass is 285 g/mol. The highest BCUT2D eigenvalue weighted by Crippen LogP contribution is 2.27. The molecule has 0 N–H and O–H groups in total. The van der Waals surface area contributed by atoms with E-state index >= 15 is 0 Å². The molecular weight excluding hydrogens is 277 g/mol. The van der Waals surface area contributed by atoms with E-state index in [2.05, 4.69) is 20.7 Å². The van der Waals surface area contributed by atoms with Crippen molar-refractivity contribution in [2.75, 3.05) is 7.11 Å². The number of ether oxygens (including phenoxy) is 1. The second kappa shape index (κ2) is 3.90. The Morgan fingerprint density at radius 1 is 1.50 bits per heavy atom. The molecule has 1 heterocycles. The van der Waals surface area contributed by atoms with Gasteiger partial charge in [0.05, 0.1) is 22.7 Å². The summed E-state index contributed by atoms with van der Waals surface area (Å²) in [5.74, 6) is -0.783. The molecule has 2 rings (SSSR count). The molecule has 0 aliphatic carbocycles. The van der Waals surface area contributed by atoms with Gasteiger partial charge in [-0.1, -0.05) is 0 Å². The summed E-state index contributed by atoms with van der Waals surface area (Å²) in [6, 6.07) is 2.96. The molecule has 0 unspecified atom stereocenters. The van der Waals surface area contributed by atoms with Crippen molar-refractivity contribution in [1.82, 2.24) is 4.57 Å². The maximum Gasteiger partial charge on any atom is 0.340 e. The molecule has 0 aliphatic rings. The minimum atomic E-state index is -0.427. The first-order valence-corrected chi connectivity index (χ1v) is 5.36. The van der Waals surface area contributed by atoms with Crippen molar-refractivity contribution < 1.29 is 13.9 Å². The van der Waals surface area contributed by atoms with E-state index in [0.717, 1.165) is 0 Å². The van der Waals surface area contributed by atoms with Crippen LogP contribution in [0.15, 0.2) is 22.8 Å². The number of aryl methyl sites for hydroxylation is 1. The molecule has 1 aromatic heterocycles. The number of carbonyl (C=O) groups is 1. The van der Waals surface area contributed by atoms with E-state index in [1.807, 2.05) is 0 Å². The van der Waals surface area contributed by atoms with Crippen LogP contribution < -0.4 is 0 Å². The maximum absolute atomic E-state index is 13.3. The number of hydrogen-bond acceptors (Lipinski definition) is 2. The van der Waals surface area contributed by atoms with Gasteiger partial charge in [-0.05, 0) is 28.1 Å². The molecule has 3 nitrogen and oxygen atoms in total. The third-order valence-electron chi connectivity index (χ3n) is 2.44. The van der Waals surface area contributed by atoms with Gasteiger partial charge in [0.2, 0.25) is 0 Å². The van der Waals surface area contributed by atoms with Crippen molar-refractivity contribution >= 4 is 32.8 Å². The number of rotatable bonds is 1. The van der Waals surface area contributed by atoms with Gasteiger partial charge in [0.15, 0.2) is 0 Å². The largest absolute Gasteiger partial charge is 0.465 e. The van der Waals surface area contributed by atoms with Crippen molar-refractivity contribution in [3.8, 4) is 0 Å². The lowest BCUT2D eigenvalue weighted by molar-refractivity contribution is 0.0603. The Morgan fingerprint density at radius 3 is 2.81 bits per heavy atom. The molecule has 2 aromatic rings. The van der Waals surface area contributed by atoms with Crippen LogP contribution in [-0.4, -0.2) is 17.6 Å². The highest BCUT2D eigenvalue weighted by molar-refractivity contribution is 9.10. The van der Waals surface area contributed by atoms with E-state index in [1.165, 1.54) is 13.2 Å². The SMILES string of the molecule is COC(=O)c1cn(C)c2cc(F)c(Br)cc12. The quantitative estimate of drug-likeness (QED) is 0.755. The van der Waals surface area contributed by atoms with Crippen molar-refractivity contribution in [2.24, 2.45) is 7.05 Å². The number of carbonyl (C=O) groups excluding carboxylic acids is 1. The van der Waals surface area contributed by atoms with Crippen molar-refractivity contribution in [2.45, 2.75) is 0 Å². The zero-order valence-corrected chi connectivity index (χ0v) is 10.3. The van der Waals surface area contributed by atoms with Crippen LogP contribution in [-0.2, 0) is 11.8 Å². The molecule has 1 aromatic carbocycles. The predicted octanol–water partition coefficient (Wildman–Crippen LogP) is 2.87. The Morgan fingerprint density at radius 2 is 2.19 bits per heavy atom. The Bertz CT molecular complexity index is 577. The van der Waals surface area contributed by atoms with Gasteiger partial charge in [-0.2, -0.15) is 0 Å². The molecule has 0 bridgehead atoms. The predicted molar refractivity (Wildman–Crippen MR) is 61.9 cm³/mol. The van der Waals surface area contributed by atoms with E-state index in [0.29, 0.717) is 20.9 Å². The zero-order valence-electron chi connectivity index (χ0n) is 8.75. The molecule has 0 saturated carbocycles. The molecule has 84 valence electrons. The highest BCUT2D eigenvalue weighted by atomic mass is 79.9. The van der Waals surface area contributed by atoms with Crippen LogP contribution in [0.3, 0.4) is 0 Å². The summed E-state index contributed by atoms with van der Waals surface area (Å²) in [4.78, 5) is 11.5. The number of halogens is 2. The first-order valence-electron chi connectivity index (χ1n) is 4.57. The average Bonchev–Trinajstić information content (AvgIpc) is 2.56. The molecule has 0 fully saturated rings. The number of nitrogens with zero attached hydrogens (tertiary/aromatic N) is 1. The fourth-order valence-corrected chi connectivity index (χ4v) is 1.99. The van der Waals surface area contributed by atoms with Crippen LogP contribution in [0.4, 0.5) is 4.39 Å². The fourth-order valence-electron chi connectivity index (χ4n) is 1.65. The third kappa shape index (κ3) is 1.61. The van der Waals surface area contributed by atoms with Crippen LogP contribution >= 0.6 is 15.9 Å². The smallest absolute Gasteiger partial charge is 0.340 e. The summed E-state index contributed by atoms with van der Waals surface area (Å²) in [5, 5.41) is 0.669. The molecule has 0 saturated heterocycles. The van der Waals surface area contributed by atoms with Crippen molar-refractivity contribution in [3.63, 3.8) is 0 Å². The number of aromatic nitrogens is 1. The number of benzene rings is 1. The number of methoxy groups -OCH3 is 1. The third-order valence-corrected chi connectivity index (χ3v) is 3.04. The standard InChI is InChI=1S/C11H9BrFNO2/c1-14-5-7(11(15)16-2)6-3-8(12)9(13)4-10(6)14/h3-5H,1-2H3. The lowest BCUT2D eigenvalue weighted by Crippen LogP contribution is -1.99. The molecule has 5 heteroatoms. The Balaban J connectivity index is 2.78. The summed E-state index contributed by atoms with van der Waals surface area (Å²) in [6.07, 6.45) is 1.63. The van der Waals surface area contributed by atoms with E-state index in [-0.39, 0.29) is 5.82 Å². The van der Waals surface area contributed by atoms with Crippen molar-refractivity contribution in [3.05, 3.63) is 34.2 Å². The summed E-state index contributed by atoms with van der Waals surface area (Å²) in [6.45, 7) is 0. The molecule has 0 spiro atoms.